The molecule has 130 valence electrons. The lowest BCUT2D eigenvalue weighted by Crippen LogP contribution is -2.30. The van der Waals surface area contributed by atoms with Crippen LogP contribution in [0.5, 0.6) is 0 Å². The molecule has 24 heavy (non-hydrogen) atoms. The van der Waals surface area contributed by atoms with E-state index in [0.29, 0.717) is 17.4 Å². The Morgan fingerprint density at radius 2 is 1.92 bits per heavy atom. The van der Waals surface area contributed by atoms with Crippen LogP contribution in [0, 0.1) is 29.2 Å². The minimum Gasteiger partial charge on any atom is -0.376 e. The van der Waals surface area contributed by atoms with Gasteiger partial charge in [-0.1, -0.05) is 12.1 Å². The normalized spacial score (nSPS) is 24.6. The molecule has 1 saturated heterocycles. The van der Waals surface area contributed by atoms with Gasteiger partial charge in [-0.2, -0.15) is 5.26 Å². The molecule has 1 aliphatic heterocycles. The molecule has 3 rings (SSSR count). The number of sulfone groups is 1. The van der Waals surface area contributed by atoms with Crippen LogP contribution in [-0.2, 0) is 21.2 Å². The van der Waals surface area contributed by atoms with Crippen LogP contribution in [0.25, 0.3) is 0 Å². The summed E-state index contributed by atoms with van der Waals surface area (Å²) in [5.41, 5.74) is 1.00. The molecule has 0 N–H and O–H groups in total. The van der Waals surface area contributed by atoms with E-state index < -0.39 is 9.84 Å². The Labute approximate surface area is 144 Å². The molecule has 2 aliphatic rings. The molecule has 0 spiro atoms. The molecule has 0 amide bonds. The van der Waals surface area contributed by atoms with Crippen LogP contribution in [0.3, 0.4) is 0 Å². The quantitative estimate of drug-likeness (QED) is 0.739. The third-order valence-electron chi connectivity index (χ3n) is 5.22. The van der Waals surface area contributed by atoms with Gasteiger partial charge in [-0.05, 0) is 54.7 Å². The predicted molar refractivity (Wildman–Crippen MR) is 90.7 cm³/mol. The van der Waals surface area contributed by atoms with E-state index in [0.717, 1.165) is 49.9 Å². The van der Waals surface area contributed by atoms with Gasteiger partial charge in [0, 0.05) is 19.3 Å². The summed E-state index contributed by atoms with van der Waals surface area (Å²) in [6.45, 7) is 3.10. The number of benzene rings is 1. The SMILES string of the molecule is CS(=O)(=O)c1ccc(COCC2CC2C2CCN(C#N)CC2)cc1. The largest absolute Gasteiger partial charge is 0.376 e. The van der Waals surface area contributed by atoms with Crippen molar-refractivity contribution < 1.29 is 13.2 Å². The third kappa shape index (κ3) is 4.28. The lowest BCUT2D eigenvalue weighted by atomic mass is 9.91. The average molecular weight is 348 g/mol. The number of nitrogens with zero attached hydrogens (tertiary/aromatic N) is 2. The third-order valence-corrected chi connectivity index (χ3v) is 6.34. The molecule has 1 heterocycles. The standard InChI is InChI=1S/C18H24N2O3S/c1-24(21,22)17-4-2-14(3-5-17)11-23-12-16-10-18(16)15-6-8-20(13-19)9-7-15/h2-5,15-16,18H,6-12H2,1H3. The smallest absolute Gasteiger partial charge is 0.179 e. The van der Waals surface area contributed by atoms with E-state index in [2.05, 4.69) is 6.19 Å². The number of hydrogen-bond donors (Lipinski definition) is 0. The van der Waals surface area contributed by atoms with E-state index in [-0.39, 0.29) is 0 Å². The van der Waals surface area contributed by atoms with Crippen molar-refractivity contribution in [2.45, 2.75) is 30.8 Å². The Morgan fingerprint density at radius 3 is 2.50 bits per heavy atom. The molecule has 1 saturated carbocycles. The lowest BCUT2D eigenvalue weighted by Gasteiger charge is -2.28. The first kappa shape index (κ1) is 17.2. The summed E-state index contributed by atoms with van der Waals surface area (Å²) in [5, 5.41) is 8.89. The molecule has 1 aliphatic carbocycles. The Morgan fingerprint density at radius 1 is 1.25 bits per heavy atom. The molecule has 1 aromatic carbocycles. The van der Waals surface area contributed by atoms with E-state index in [4.69, 9.17) is 10.00 Å². The second-order valence-electron chi connectivity index (χ2n) is 7.02. The summed E-state index contributed by atoms with van der Waals surface area (Å²) in [4.78, 5) is 2.20. The van der Waals surface area contributed by atoms with Crippen molar-refractivity contribution >= 4 is 9.84 Å². The van der Waals surface area contributed by atoms with Gasteiger partial charge < -0.3 is 9.64 Å². The van der Waals surface area contributed by atoms with Crippen LogP contribution in [0.4, 0.5) is 0 Å². The van der Waals surface area contributed by atoms with Crippen LogP contribution >= 0.6 is 0 Å². The van der Waals surface area contributed by atoms with Gasteiger partial charge in [-0.15, -0.1) is 0 Å². The van der Waals surface area contributed by atoms with Crippen molar-refractivity contribution in [1.29, 1.82) is 5.26 Å². The number of piperidine rings is 1. The topological polar surface area (TPSA) is 70.4 Å². The molecule has 2 unspecified atom stereocenters. The van der Waals surface area contributed by atoms with E-state index in [1.165, 1.54) is 12.7 Å². The Hall–Kier alpha value is -1.58. The highest BCUT2D eigenvalue weighted by atomic mass is 32.2. The monoisotopic (exact) mass is 348 g/mol. The summed E-state index contributed by atoms with van der Waals surface area (Å²) in [7, 11) is -3.13. The van der Waals surface area contributed by atoms with Crippen LogP contribution < -0.4 is 0 Å². The zero-order chi connectivity index (χ0) is 17.2. The van der Waals surface area contributed by atoms with Crippen LogP contribution in [0.2, 0.25) is 0 Å². The first-order chi connectivity index (χ1) is 11.5. The first-order valence-electron chi connectivity index (χ1n) is 8.49. The fourth-order valence-corrected chi connectivity index (χ4v) is 4.26. The van der Waals surface area contributed by atoms with Crippen molar-refractivity contribution in [3.05, 3.63) is 29.8 Å². The van der Waals surface area contributed by atoms with E-state index in [1.54, 1.807) is 12.1 Å². The van der Waals surface area contributed by atoms with Crippen LogP contribution in [0.15, 0.2) is 29.2 Å². The molecular weight excluding hydrogens is 324 g/mol. The molecule has 1 aromatic rings. The molecule has 2 atom stereocenters. The summed E-state index contributed by atoms with van der Waals surface area (Å²) in [5.74, 6) is 2.16. The molecule has 2 fully saturated rings. The number of likely N-dealkylation sites (tertiary alicyclic amines) is 1. The minimum absolute atomic E-state index is 0.345. The Kier molecular flexibility index (Phi) is 5.12. The molecule has 0 radical (unpaired) electrons. The van der Waals surface area contributed by atoms with Crippen molar-refractivity contribution in [2.24, 2.45) is 17.8 Å². The van der Waals surface area contributed by atoms with Gasteiger partial charge in [-0.3, -0.25) is 0 Å². The zero-order valence-electron chi connectivity index (χ0n) is 14.0. The fourth-order valence-electron chi connectivity index (χ4n) is 3.63. The van der Waals surface area contributed by atoms with Crippen LogP contribution in [-0.4, -0.2) is 39.3 Å². The highest BCUT2D eigenvalue weighted by molar-refractivity contribution is 7.90. The molecule has 0 aromatic heterocycles. The van der Waals surface area contributed by atoms with Crippen LogP contribution in [0.1, 0.15) is 24.8 Å². The van der Waals surface area contributed by atoms with Gasteiger partial charge in [0.1, 0.15) is 0 Å². The van der Waals surface area contributed by atoms with Crippen molar-refractivity contribution in [2.75, 3.05) is 26.0 Å². The second-order valence-corrected chi connectivity index (χ2v) is 9.03. The second kappa shape index (κ2) is 7.12. The molecule has 5 nitrogen and oxygen atoms in total. The predicted octanol–water partition coefficient (Wildman–Crippen LogP) is 2.44. The highest BCUT2D eigenvalue weighted by Gasteiger charge is 2.43. The maximum atomic E-state index is 11.4. The first-order valence-corrected chi connectivity index (χ1v) is 10.4. The summed E-state index contributed by atoms with van der Waals surface area (Å²) < 4.78 is 28.7. The lowest BCUT2D eigenvalue weighted by molar-refractivity contribution is 0.102. The average Bonchev–Trinajstić information content (AvgIpc) is 3.34. The Bertz CT molecular complexity index is 701. The van der Waals surface area contributed by atoms with Gasteiger partial charge in [0.15, 0.2) is 16.0 Å². The minimum atomic E-state index is -3.13. The van der Waals surface area contributed by atoms with Crippen molar-refractivity contribution in [3.63, 3.8) is 0 Å². The molecular formula is C18H24N2O3S. The molecule has 0 bridgehead atoms. The van der Waals surface area contributed by atoms with Crippen molar-refractivity contribution in [1.82, 2.24) is 4.90 Å². The zero-order valence-corrected chi connectivity index (χ0v) is 14.8. The summed E-state index contributed by atoms with van der Waals surface area (Å²) in [6, 6.07) is 6.91. The fraction of sp³-hybridized carbons (Fsp3) is 0.611. The van der Waals surface area contributed by atoms with Gasteiger partial charge in [0.25, 0.3) is 0 Å². The summed E-state index contributed by atoms with van der Waals surface area (Å²) in [6.07, 6.45) is 6.94. The Balaban J connectivity index is 1.38. The number of ether oxygens (including phenoxy) is 1. The van der Waals surface area contributed by atoms with Gasteiger partial charge in [-0.25, -0.2) is 8.42 Å². The molecule has 6 heteroatoms. The number of rotatable bonds is 6. The van der Waals surface area contributed by atoms with E-state index >= 15 is 0 Å². The number of hydrogen-bond acceptors (Lipinski definition) is 5. The maximum absolute atomic E-state index is 11.4. The van der Waals surface area contributed by atoms with Gasteiger partial charge in [0.2, 0.25) is 0 Å². The van der Waals surface area contributed by atoms with E-state index in [9.17, 15) is 8.42 Å². The maximum Gasteiger partial charge on any atom is 0.179 e. The van der Waals surface area contributed by atoms with Gasteiger partial charge >= 0.3 is 0 Å². The van der Waals surface area contributed by atoms with Crippen molar-refractivity contribution in [3.8, 4) is 6.19 Å². The number of nitriles is 1. The van der Waals surface area contributed by atoms with E-state index in [1.807, 2.05) is 17.0 Å². The van der Waals surface area contributed by atoms with Gasteiger partial charge in [0.05, 0.1) is 18.1 Å². The summed E-state index contributed by atoms with van der Waals surface area (Å²) >= 11 is 0. The highest BCUT2D eigenvalue weighted by Crippen LogP contribution is 2.48.